The van der Waals surface area contributed by atoms with Gasteiger partial charge >= 0.3 is 5.97 Å². The molecule has 0 saturated heterocycles. The highest BCUT2D eigenvalue weighted by Gasteiger charge is 2.51. The van der Waals surface area contributed by atoms with Gasteiger partial charge in [-0.2, -0.15) is 0 Å². The van der Waals surface area contributed by atoms with E-state index >= 15 is 0 Å². The Morgan fingerprint density at radius 1 is 1.32 bits per heavy atom. The second kappa shape index (κ2) is 6.40. The fraction of sp³-hybridized carbons (Fsp3) is 0.444. The van der Waals surface area contributed by atoms with Crippen molar-refractivity contribution in [2.24, 2.45) is 5.92 Å². The van der Waals surface area contributed by atoms with Gasteiger partial charge in [0, 0.05) is 23.6 Å². The van der Waals surface area contributed by atoms with Crippen molar-refractivity contribution in [2.45, 2.75) is 31.8 Å². The van der Waals surface area contributed by atoms with Gasteiger partial charge < -0.3 is 19.7 Å². The minimum Gasteiger partial charge on any atom is -0.494 e. The van der Waals surface area contributed by atoms with Crippen LogP contribution in [0.2, 0.25) is 0 Å². The highest BCUT2D eigenvalue weighted by Crippen LogP contribution is 2.44. The zero-order chi connectivity index (χ0) is 18.2. The molecule has 3 atom stereocenters. The van der Waals surface area contributed by atoms with Crippen LogP contribution in [0.1, 0.15) is 36.6 Å². The normalized spacial score (nSPS) is 25.3. The molecule has 0 spiro atoms. The van der Waals surface area contributed by atoms with E-state index in [-0.39, 0.29) is 12.0 Å². The average molecular weight is 346 g/mol. The summed E-state index contributed by atoms with van der Waals surface area (Å²) < 4.78 is 10.4. The van der Waals surface area contributed by atoms with E-state index in [4.69, 9.17) is 9.47 Å². The molecular weight excluding hydrogens is 324 g/mol. The summed E-state index contributed by atoms with van der Waals surface area (Å²) in [5.74, 6) is -1.35. The zero-order valence-corrected chi connectivity index (χ0v) is 14.5. The number of hydrogen-bond acceptors (Lipinski definition) is 5. The summed E-state index contributed by atoms with van der Waals surface area (Å²) in [4.78, 5) is 24.8. The molecule has 134 valence electrons. The lowest BCUT2D eigenvalue weighted by Gasteiger charge is -2.40. The first-order valence-corrected chi connectivity index (χ1v) is 8.21. The van der Waals surface area contributed by atoms with Gasteiger partial charge in [0.2, 0.25) is 0 Å². The molecule has 0 radical (unpaired) electrons. The monoisotopic (exact) mass is 346 g/mol. The fourth-order valence-corrected chi connectivity index (χ4v) is 3.68. The number of esters is 1. The molecule has 7 heteroatoms. The molecule has 0 bridgehead atoms. The molecule has 1 aromatic carbocycles. The summed E-state index contributed by atoms with van der Waals surface area (Å²) in [7, 11) is 1.28. The van der Waals surface area contributed by atoms with Crippen LogP contribution >= 0.6 is 0 Å². The molecule has 3 N–H and O–H groups in total. The first kappa shape index (κ1) is 17.3. The van der Waals surface area contributed by atoms with Gasteiger partial charge in [-0.1, -0.05) is 12.1 Å². The molecule has 25 heavy (non-hydrogen) atoms. The summed E-state index contributed by atoms with van der Waals surface area (Å²) in [6, 6.07) is 7.19. The number of hydrogen-bond donors (Lipinski definition) is 3. The van der Waals surface area contributed by atoms with Crippen molar-refractivity contribution in [1.29, 1.82) is 0 Å². The van der Waals surface area contributed by atoms with Gasteiger partial charge in [-0.3, -0.25) is 14.7 Å². The van der Waals surface area contributed by atoms with E-state index in [9.17, 15) is 14.7 Å². The topological polar surface area (TPSA) is 104 Å². The largest absolute Gasteiger partial charge is 0.494 e. The molecule has 1 aliphatic carbocycles. The Kier molecular flexibility index (Phi) is 4.43. The maximum atomic E-state index is 12.4. The van der Waals surface area contributed by atoms with Crippen LogP contribution in [0.15, 0.2) is 29.1 Å². The lowest BCUT2D eigenvalue weighted by molar-refractivity contribution is -0.156. The Morgan fingerprint density at radius 2 is 2.00 bits per heavy atom. The summed E-state index contributed by atoms with van der Waals surface area (Å²) in [6.45, 7) is 4.03. The molecule has 3 rings (SSSR count). The minimum absolute atomic E-state index is 0.161. The number of carbonyl (C=O) groups excluding carboxylic acids is 1. The number of fused-ring (bicyclic) bond motifs is 1. The highest BCUT2D eigenvalue weighted by molar-refractivity contribution is 5.77. The number of aromatic amines is 2. The van der Waals surface area contributed by atoms with Gasteiger partial charge in [-0.25, -0.2) is 0 Å². The highest BCUT2D eigenvalue weighted by atomic mass is 16.5. The molecule has 2 aromatic rings. The zero-order valence-electron chi connectivity index (χ0n) is 14.5. The lowest BCUT2D eigenvalue weighted by atomic mass is 9.66. The number of ether oxygens (including phenoxy) is 2. The number of aliphatic hydroxyl groups is 1. The van der Waals surface area contributed by atoms with Crippen molar-refractivity contribution < 1.29 is 19.4 Å². The summed E-state index contributed by atoms with van der Waals surface area (Å²) >= 11 is 0. The average Bonchev–Trinajstić information content (AvgIpc) is 2.93. The van der Waals surface area contributed by atoms with Crippen LogP contribution in [0.4, 0.5) is 0 Å². The third-order valence-electron chi connectivity index (χ3n) is 4.75. The third-order valence-corrected chi connectivity index (χ3v) is 4.75. The van der Waals surface area contributed by atoms with E-state index in [1.54, 1.807) is 19.1 Å². The number of H-pyrrole nitrogens is 2. The maximum absolute atomic E-state index is 12.4. The molecule has 1 aliphatic rings. The second-order valence-corrected chi connectivity index (χ2v) is 6.49. The van der Waals surface area contributed by atoms with E-state index in [0.29, 0.717) is 23.6 Å². The SMILES string of the molecule is CCOc1ccc(C2c3c([nH][nH]c3=O)CC(C)(O)C2C(=O)OC)cc1. The minimum atomic E-state index is -1.35. The van der Waals surface area contributed by atoms with E-state index in [1.807, 2.05) is 19.1 Å². The van der Waals surface area contributed by atoms with E-state index < -0.39 is 23.4 Å². The first-order chi connectivity index (χ1) is 11.9. The van der Waals surface area contributed by atoms with Crippen molar-refractivity contribution in [3.05, 3.63) is 51.4 Å². The van der Waals surface area contributed by atoms with Crippen LogP contribution in [-0.2, 0) is 16.0 Å². The Labute approximate surface area is 145 Å². The van der Waals surface area contributed by atoms with Crippen LogP contribution in [0.25, 0.3) is 0 Å². The van der Waals surface area contributed by atoms with Crippen LogP contribution < -0.4 is 10.3 Å². The van der Waals surface area contributed by atoms with E-state index in [1.165, 1.54) is 7.11 Å². The quantitative estimate of drug-likeness (QED) is 0.725. The molecular formula is C18H22N2O5. The van der Waals surface area contributed by atoms with E-state index in [2.05, 4.69) is 10.2 Å². The molecule has 1 heterocycles. The van der Waals surface area contributed by atoms with Gasteiger partial charge in [-0.05, 0) is 31.5 Å². The number of methoxy groups -OCH3 is 1. The van der Waals surface area contributed by atoms with Crippen molar-refractivity contribution in [2.75, 3.05) is 13.7 Å². The number of aromatic nitrogens is 2. The van der Waals surface area contributed by atoms with Crippen LogP contribution in [0.5, 0.6) is 5.75 Å². The lowest BCUT2D eigenvalue weighted by Crippen LogP contribution is -2.49. The Morgan fingerprint density at radius 3 is 2.60 bits per heavy atom. The molecule has 0 fully saturated rings. The summed E-state index contributed by atoms with van der Waals surface area (Å²) in [5.41, 5.74) is 0.165. The third kappa shape index (κ3) is 2.95. The van der Waals surface area contributed by atoms with Crippen molar-refractivity contribution in [3.63, 3.8) is 0 Å². The van der Waals surface area contributed by atoms with Gasteiger partial charge in [0.25, 0.3) is 5.56 Å². The number of nitrogens with one attached hydrogen (secondary N) is 2. The fourth-order valence-electron chi connectivity index (χ4n) is 3.68. The Hall–Kier alpha value is -2.54. The molecule has 1 aromatic heterocycles. The molecule has 3 unspecified atom stereocenters. The molecule has 0 amide bonds. The van der Waals surface area contributed by atoms with Crippen molar-refractivity contribution >= 4 is 5.97 Å². The molecule has 0 saturated carbocycles. The summed E-state index contributed by atoms with van der Waals surface area (Å²) in [5, 5.41) is 16.3. The van der Waals surface area contributed by atoms with Gasteiger partial charge in [0.05, 0.1) is 25.2 Å². The molecule has 0 aliphatic heterocycles. The van der Waals surface area contributed by atoms with Gasteiger partial charge in [0.15, 0.2) is 0 Å². The first-order valence-electron chi connectivity index (χ1n) is 8.21. The number of rotatable bonds is 4. The number of carbonyl (C=O) groups is 1. The Bertz CT molecular complexity index is 819. The number of benzene rings is 1. The Balaban J connectivity index is 2.15. The second-order valence-electron chi connectivity index (χ2n) is 6.49. The maximum Gasteiger partial charge on any atom is 0.312 e. The van der Waals surface area contributed by atoms with Crippen LogP contribution in [0, 0.1) is 5.92 Å². The smallest absolute Gasteiger partial charge is 0.312 e. The predicted octanol–water partition coefficient (Wildman–Crippen LogP) is 1.33. The van der Waals surface area contributed by atoms with Crippen LogP contribution in [0.3, 0.4) is 0 Å². The standard InChI is InChI=1S/C18H22N2O5/c1-4-25-11-7-5-10(6-8-11)13-14-12(19-20-16(14)21)9-18(2,23)15(13)17(22)24-3/h5-8,13,15,23H,4,9H2,1-3H3,(H2,19,20,21). The van der Waals surface area contributed by atoms with Gasteiger partial charge in [-0.15, -0.1) is 0 Å². The van der Waals surface area contributed by atoms with Crippen molar-refractivity contribution in [1.82, 2.24) is 10.2 Å². The molecule has 7 nitrogen and oxygen atoms in total. The summed E-state index contributed by atoms with van der Waals surface area (Å²) in [6.07, 6.45) is 0.161. The van der Waals surface area contributed by atoms with Gasteiger partial charge in [0.1, 0.15) is 5.75 Å². The van der Waals surface area contributed by atoms with Crippen molar-refractivity contribution in [3.8, 4) is 5.75 Å². The predicted molar refractivity (Wildman–Crippen MR) is 90.7 cm³/mol. The van der Waals surface area contributed by atoms with E-state index in [0.717, 1.165) is 5.56 Å². The van der Waals surface area contributed by atoms with Crippen LogP contribution in [-0.4, -0.2) is 40.6 Å².